The molecule has 2 aromatic carbocycles. The Morgan fingerprint density at radius 3 is 2.68 bits per heavy atom. The highest BCUT2D eigenvalue weighted by molar-refractivity contribution is 6.00. The summed E-state index contributed by atoms with van der Waals surface area (Å²) in [6.07, 6.45) is 4.60. The predicted octanol–water partition coefficient (Wildman–Crippen LogP) is 3.81. The van der Waals surface area contributed by atoms with Crippen molar-refractivity contribution < 1.29 is 14.0 Å². The zero-order chi connectivity index (χ0) is 26.1. The number of halogens is 1. The SMILES string of the molecule is O=C(CN1CCC(CF)(C(=O)Nc2ccc3[nH]nc(-c4ccncc4)c3c2)C1)N1CCc2ccccc2C1. The van der Waals surface area contributed by atoms with Gasteiger partial charge in [-0.25, -0.2) is 4.39 Å². The zero-order valence-corrected chi connectivity index (χ0v) is 21.0. The summed E-state index contributed by atoms with van der Waals surface area (Å²) in [4.78, 5) is 34.2. The number of hydrogen-bond acceptors (Lipinski definition) is 5. The van der Waals surface area contributed by atoms with Crippen molar-refractivity contribution >= 4 is 28.4 Å². The van der Waals surface area contributed by atoms with Crippen molar-refractivity contribution in [3.63, 3.8) is 0 Å². The Morgan fingerprint density at radius 1 is 1.05 bits per heavy atom. The van der Waals surface area contributed by atoms with Crippen LogP contribution in [0.15, 0.2) is 67.0 Å². The Balaban J connectivity index is 1.13. The first-order valence-electron chi connectivity index (χ1n) is 12.9. The number of H-pyrrole nitrogens is 1. The zero-order valence-electron chi connectivity index (χ0n) is 21.0. The van der Waals surface area contributed by atoms with Gasteiger partial charge in [-0.1, -0.05) is 24.3 Å². The molecule has 4 heterocycles. The van der Waals surface area contributed by atoms with Crippen molar-refractivity contribution in [2.45, 2.75) is 19.4 Å². The summed E-state index contributed by atoms with van der Waals surface area (Å²) >= 11 is 0. The number of benzene rings is 2. The molecule has 0 aliphatic carbocycles. The molecular weight excluding hydrogens is 483 g/mol. The van der Waals surface area contributed by atoms with E-state index in [1.807, 2.05) is 46.2 Å². The smallest absolute Gasteiger partial charge is 0.237 e. The van der Waals surface area contributed by atoms with E-state index in [-0.39, 0.29) is 24.9 Å². The number of pyridine rings is 1. The van der Waals surface area contributed by atoms with Crippen LogP contribution in [0.2, 0.25) is 0 Å². The Bertz CT molecular complexity index is 1490. The molecule has 1 unspecified atom stereocenters. The summed E-state index contributed by atoms with van der Waals surface area (Å²) in [7, 11) is 0. The Kier molecular flexibility index (Phi) is 6.37. The minimum Gasteiger partial charge on any atom is -0.337 e. The first kappa shape index (κ1) is 24.2. The van der Waals surface area contributed by atoms with Crippen molar-refractivity contribution in [3.05, 3.63) is 78.1 Å². The fourth-order valence-electron chi connectivity index (χ4n) is 5.53. The lowest BCUT2D eigenvalue weighted by molar-refractivity contribution is -0.134. The lowest BCUT2D eigenvalue weighted by Gasteiger charge is -2.31. The number of aromatic nitrogens is 3. The van der Waals surface area contributed by atoms with Crippen LogP contribution < -0.4 is 5.32 Å². The second kappa shape index (κ2) is 9.98. The molecule has 4 aromatic rings. The molecule has 0 spiro atoms. The van der Waals surface area contributed by atoms with Gasteiger partial charge in [-0.15, -0.1) is 0 Å². The van der Waals surface area contributed by atoms with Crippen molar-refractivity contribution in [2.24, 2.45) is 5.41 Å². The molecule has 2 N–H and O–H groups in total. The van der Waals surface area contributed by atoms with Crippen molar-refractivity contribution in [1.82, 2.24) is 25.0 Å². The van der Waals surface area contributed by atoms with Crippen LogP contribution in [0.5, 0.6) is 0 Å². The largest absolute Gasteiger partial charge is 0.337 e. The van der Waals surface area contributed by atoms with E-state index in [4.69, 9.17) is 0 Å². The number of nitrogens with one attached hydrogen (secondary N) is 2. The number of alkyl halides is 1. The quantitative estimate of drug-likeness (QED) is 0.410. The maximum absolute atomic E-state index is 14.4. The maximum Gasteiger partial charge on any atom is 0.237 e. The summed E-state index contributed by atoms with van der Waals surface area (Å²) in [6, 6.07) is 17.4. The number of amides is 2. The van der Waals surface area contributed by atoms with E-state index >= 15 is 0 Å². The van der Waals surface area contributed by atoms with Gasteiger partial charge in [0.25, 0.3) is 0 Å². The van der Waals surface area contributed by atoms with Crippen molar-refractivity contribution in [3.8, 4) is 11.3 Å². The molecule has 1 atom stereocenters. The lowest BCUT2D eigenvalue weighted by atomic mass is 9.87. The van der Waals surface area contributed by atoms with E-state index in [0.717, 1.165) is 28.6 Å². The maximum atomic E-state index is 14.4. The van der Waals surface area contributed by atoms with Gasteiger partial charge in [0.2, 0.25) is 11.8 Å². The molecular formula is C29H29FN6O2. The number of fused-ring (bicyclic) bond motifs is 2. The molecule has 194 valence electrons. The van der Waals surface area contributed by atoms with Crippen molar-refractivity contribution in [1.29, 1.82) is 0 Å². The number of aromatic amines is 1. The highest BCUT2D eigenvalue weighted by atomic mass is 19.1. The fraction of sp³-hybridized carbons (Fsp3) is 0.310. The lowest BCUT2D eigenvalue weighted by Crippen LogP contribution is -2.44. The number of hydrogen-bond donors (Lipinski definition) is 2. The molecule has 8 nitrogen and oxygen atoms in total. The summed E-state index contributed by atoms with van der Waals surface area (Å²) in [5, 5.41) is 11.2. The van der Waals surface area contributed by atoms with Gasteiger partial charge in [-0.05, 0) is 60.8 Å². The van der Waals surface area contributed by atoms with Crippen LogP contribution in [0.3, 0.4) is 0 Å². The number of likely N-dealkylation sites (tertiary alicyclic amines) is 1. The molecule has 9 heteroatoms. The van der Waals surface area contributed by atoms with Crippen LogP contribution in [0.4, 0.5) is 10.1 Å². The standard InChI is InChI=1S/C29H29FN6O2/c30-18-29(10-14-35(19-29)17-26(37)36-13-9-20-3-1-2-4-22(20)16-36)28(38)32-23-5-6-25-24(15-23)27(34-33-25)21-7-11-31-12-8-21/h1-8,11-12,15H,9-10,13-14,16-19H2,(H,32,38)(H,33,34). The average molecular weight is 513 g/mol. The van der Waals surface area contributed by atoms with Crippen LogP contribution in [-0.2, 0) is 22.6 Å². The third-order valence-corrected chi connectivity index (χ3v) is 7.79. The highest BCUT2D eigenvalue weighted by Gasteiger charge is 2.45. The second-order valence-corrected chi connectivity index (χ2v) is 10.2. The molecule has 2 aliphatic heterocycles. The van der Waals surface area contributed by atoms with Crippen molar-refractivity contribution in [2.75, 3.05) is 38.2 Å². The molecule has 0 saturated carbocycles. The summed E-state index contributed by atoms with van der Waals surface area (Å²) < 4.78 is 14.4. The molecule has 0 bridgehead atoms. The van der Waals surface area contributed by atoms with E-state index in [9.17, 15) is 14.0 Å². The molecule has 38 heavy (non-hydrogen) atoms. The van der Waals surface area contributed by atoms with Gasteiger partial charge in [0, 0.05) is 48.7 Å². The monoisotopic (exact) mass is 512 g/mol. The van der Waals surface area contributed by atoms with E-state index in [0.29, 0.717) is 31.7 Å². The van der Waals surface area contributed by atoms with Gasteiger partial charge >= 0.3 is 0 Å². The van der Waals surface area contributed by atoms with Crippen LogP contribution in [-0.4, -0.2) is 69.6 Å². The molecule has 0 radical (unpaired) electrons. The minimum absolute atomic E-state index is 0.0172. The normalized spacial score (nSPS) is 19.4. The molecule has 2 aliphatic rings. The van der Waals surface area contributed by atoms with Crippen LogP contribution in [0, 0.1) is 5.41 Å². The van der Waals surface area contributed by atoms with E-state index in [1.165, 1.54) is 11.1 Å². The topological polar surface area (TPSA) is 94.2 Å². The van der Waals surface area contributed by atoms with E-state index in [2.05, 4.69) is 32.6 Å². The van der Waals surface area contributed by atoms with Gasteiger partial charge in [0.15, 0.2) is 0 Å². The average Bonchev–Trinajstić information content (AvgIpc) is 3.58. The van der Waals surface area contributed by atoms with Crippen LogP contribution >= 0.6 is 0 Å². The predicted molar refractivity (Wildman–Crippen MR) is 143 cm³/mol. The third-order valence-electron chi connectivity index (χ3n) is 7.79. The second-order valence-electron chi connectivity index (χ2n) is 10.2. The first-order chi connectivity index (χ1) is 18.5. The summed E-state index contributed by atoms with van der Waals surface area (Å²) in [5.74, 6) is -0.348. The van der Waals surface area contributed by atoms with Gasteiger partial charge in [0.05, 0.1) is 17.5 Å². The fourth-order valence-corrected chi connectivity index (χ4v) is 5.53. The number of nitrogens with zero attached hydrogens (tertiary/aromatic N) is 4. The third kappa shape index (κ3) is 4.54. The van der Waals surface area contributed by atoms with E-state index in [1.54, 1.807) is 18.5 Å². The molecule has 2 amide bonds. The molecule has 1 saturated heterocycles. The van der Waals surface area contributed by atoms with Gasteiger partial charge in [-0.2, -0.15) is 5.10 Å². The molecule has 2 aromatic heterocycles. The van der Waals surface area contributed by atoms with Crippen LogP contribution in [0.1, 0.15) is 17.5 Å². The Morgan fingerprint density at radius 2 is 1.87 bits per heavy atom. The Labute approximate surface area is 219 Å². The number of rotatable bonds is 6. The number of carbonyl (C=O) groups is 2. The van der Waals surface area contributed by atoms with Gasteiger partial charge in [0.1, 0.15) is 12.4 Å². The molecule has 1 fully saturated rings. The van der Waals surface area contributed by atoms with Crippen LogP contribution in [0.25, 0.3) is 22.2 Å². The first-order valence-corrected chi connectivity index (χ1v) is 12.9. The minimum atomic E-state index is -1.19. The van der Waals surface area contributed by atoms with Gasteiger partial charge < -0.3 is 10.2 Å². The van der Waals surface area contributed by atoms with E-state index < -0.39 is 12.1 Å². The van der Waals surface area contributed by atoms with Gasteiger partial charge in [-0.3, -0.25) is 24.6 Å². The Hall–Kier alpha value is -4.11. The number of anilines is 1. The number of carbonyl (C=O) groups excluding carboxylic acids is 2. The summed E-state index contributed by atoms with van der Waals surface area (Å²) in [6.45, 7) is 1.39. The summed E-state index contributed by atoms with van der Waals surface area (Å²) in [5.41, 5.74) is 4.34. The molecule has 6 rings (SSSR count). The highest BCUT2D eigenvalue weighted by Crippen LogP contribution is 2.34.